The van der Waals surface area contributed by atoms with E-state index in [4.69, 9.17) is 0 Å². The maximum Gasteiger partial charge on any atom is 0.422 e. The van der Waals surface area contributed by atoms with Crippen molar-refractivity contribution in [1.82, 2.24) is 0 Å². The van der Waals surface area contributed by atoms with Crippen LogP contribution < -0.4 is 0 Å². The van der Waals surface area contributed by atoms with Gasteiger partial charge >= 0.3 is 12.1 Å². The number of carbonyl (C=O) groups is 1. The number of carbonyl (C=O) groups excluding carboxylic acids is 1. The highest BCUT2D eigenvalue weighted by atomic mass is 19.4. The molecule has 1 rings (SSSR count). The van der Waals surface area contributed by atoms with E-state index >= 15 is 0 Å². The first-order chi connectivity index (χ1) is 6.95. The minimum Gasteiger partial charge on any atom is -0.462 e. The fraction of sp³-hybridized carbons (Fsp3) is 0.375. The predicted molar refractivity (Wildman–Crippen MR) is 43.4 cm³/mol. The molecule has 0 fully saturated rings. The average molecular weight is 226 g/mol. The van der Waals surface area contributed by atoms with Crippen molar-refractivity contribution < 1.29 is 32.2 Å². The molecule has 1 aliphatic rings. The van der Waals surface area contributed by atoms with Gasteiger partial charge in [0.2, 0.25) is 6.79 Å². The van der Waals surface area contributed by atoms with E-state index in [2.05, 4.69) is 20.8 Å². The van der Waals surface area contributed by atoms with Crippen molar-refractivity contribution in [3.63, 3.8) is 0 Å². The van der Waals surface area contributed by atoms with E-state index in [9.17, 15) is 18.0 Å². The van der Waals surface area contributed by atoms with Gasteiger partial charge in [-0.3, -0.25) is 0 Å². The second-order valence-electron chi connectivity index (χ2n) is 2.15. The van der Waals surface area contributed by atoms with E-state index in [0.29, 0.717) is 12.9 Å². The standard InChI is InChI=1S/C5H5F3O2.C3H4O2/c1-2-4(9)10-3-5(6,7)8;1-2-5-3-4-1/h2H,1,3H2;1-2H,3H2. The zero-order valence-corrected chi connectivity index (χ0v) is 7.62. The van der Waals surface area contributed by atoms with E-state index in [1.54, 1.807) is 0 Å². The molecular weight excluding hydrogens is 217 g/mol. The van der Waals surface area contributed by atoms with Crippen LogP contribution in [0, 0.1) is 0 Å². The number of alkyl halides is 3. The first-order valence-corrected chi connectivity index (χ1v) is 3.70. The number of rotatable bonds is 2. The van der Waals surface area contributed by atoms with Gasteiger partial charge < -0.3 is 14.2 Å². The van der Waals surface area contributed by atoms with Crippen LogP contribution in [0.1, 0.15) is 0 Å². The van der Waals surface area contributed by atoms with Gasteiger partial charge in [0.15, 0.2) is 6.61 Å². The number of hydrogen-bond acceptors (Lipinski definition) is 4. The summed E-state index contributed by atoms with van der Waals surface area (Å²) in [7, 11) is 0. The molecule has 0 N–H and O–H groups in total. The molecular formula is C8H9F3O4. The van der Waals surface area contributed by atoms with Crippen molar-refractivity contribution in [2.24, 2.45) is 0 Å². The fourth-order valence-corrected chi connectivity index (χ4v) is 0.408. The third-order valence-electron chi connectivity index (χ3n) is 0.929. The van der Waals surface area contributed by atoms with Gasteiger partial charge in [-0.2, -0.15) is 13.2 Å². The lowest BCUT2D eigenvalue weighted by Gasteiger charge is -2.04. The summed E-state index contributed by atoms with van der Waals surface area (Å²) in [6.45, 7) is 1.75. The molecule has 1 heterocycles. The quantitative estimate of drug-likeness (QED) is 0.531. The van der Waals surface area contributed by atoms with E-state index in [1.165, 1.54) is 12.5 Å². The topological polar surface area (TPSA) is 44.8 Å². The molecule has 1 aliphatic heterocycles. The smallest absolute Gasteiger partial charge is 0.422 e. The van der Waals surface area contributed by atoms with E-state index < -0.39 is 18.8 Å². The largest absolute Gasteiger partial charge is 0.462 e. The van der Waals surface area contributed by atoms with E-state index in [0.717, 1.165) is 0 Å². The Morgan fingerprint density at radius 3 is 2.27 bits per heavy atom. The summed E-state index contributed by atoms with van der Waals surface area (Å²) in [4.78, 5) is 10.0. The van der Waals surface area contributed by atoms with Crippen LogP contribution in [0.4, 0.5) is 13.2 Å². The Kier molecular flexibility index (Phi) is 6.00. The number of esters is 1. The van der Waals surface area contributed by atoms with Crippen molar-refractivity contribution in [3.05, 3.63) is 25.2 Å². The molecule has 0 radical (unpaired) electrons. The van der Waals surface area contributed by atoms with E-state index in [1.807, 2.05) is 0 Å². The molecule has 4 nitrogen and oxygen atoms in total. The Morgan fingerprint density at radius 2 is 2.00 bits per heavy atom. The molecule has 0 saturated carbocycles. The number of ether oxygens (including phenoxy) is 3. The molecule has 0 aromatic carbocycles. The minimum atomic E-state index is -4.46. The minimum absolute atomic E-state index is 0.389. The second-order valence-corrected chi connectivity index (χ2v) is 2.15. The van der Waals surface area contributed by atoms with Crippen LogP contribution in [-0.4, -0.2) is 25.5 Å². The van der Waals surface area contributed by atoms with Crippen molar-refractivity contribution >= 4 is 5.97 Å². The zero-order valence-electron chi connectivity index (χ0n) is 7.62. The van der Waals surface area contributed by atoms with Gasteiger partial charge in [-0.1, -0.05) is 6.58 Å². The zero-order chi connectivity index (χ0) is 11.7. The highest BCUT2D eigenvalue weighted by Gasteiger charge is 2.28. The summed E-state index contributed by atoms with van der Waals surface area (Å²) in [5, 5.41) is 0. The lowest BCUT2D eigenvalue weighted by Crippen LogP contribution is -2.19. The normalized spacial score (nSPS) is 13.0. The van der Waals surface area contributed by atoms with Crippen LogP contribution >= 0.6 is 0 Å². The third kappa shape index (κ3) is 10.3. The molecule has 0 saturated heterocycles. The Labute approximate surface area is 83.9 Å². The van der Waals surface area contributed by atoms with Crippen LogP contribution in [0.5, 0.6) is 0 Å². The van der Waals surface area contributed by atoms with Gasteiger partial charge in [0.05, 0.1) is 0 Å². The van der Waals surface area contributed by atoms with Crippen LogP contribution in [0.2, 0.25) is 0 Å². The average Bonchev–Trinajstić information content (AvgIpc) is 2.70. The van der Waals surface area contributed by atoms with Gasteiger partial charge in [0, 0.05) is 6.08 Å². The molecule has 0 bridgehead atoms. The lowest BCUT2D eigenvalue weighted by molar-refractivity contribution is -0.182. The lowest BCUT2D eigenvalue weighted by atomic mass is 10.6. The summed E-state index contributed by atoms with van der Waals surface area (Å²) in [5.41, 5.74) is 0. The molecule has 0 aromatic heterocycles. The number of hydrogen-bond donors (Lipinski definition) is 0. The molecule has 7 heteroatoms. The second kappa shape index (κ2) is 6.74. The molecule has 0 aromatic rings. The molecule has 0 spiro atoms. The van der Waals surface area contributed by atoms with Gasteiger partial charge in [0.1, 0.15) is 12.5 Å². The summed E-state index contributed by atoms with van der Waals surface area (Å²) < 4.78 is 46.5. The Bertz CT molecular complexity index is 229. The maximum absolute atomic E-state index is 11.2. The first kappa shape index (κ1) is 13.3. The highest BCUT2D eigenvalue weighted by molar-refractivity contribution is 5.81. The highest BCUT2D eigenvalue weighted by Crippen LogP contribution is 2.14. The third-order valence-corrected chi connectivity index (χ3v) is 0.929. The first-order valence-electron chi connectivity index (χ1n) is 3.70. The van der Waals surface area contributed by atoms with Gasteiger partial charge in [-0.15, -0.1) is 0 Å². The molecule has 0 atom stereocenters. The van der Waals surface area contributed by atoms with E-state index in [-0.39, 0.29) is 0 Å². The Balaban J connectivity index is 0.000000322. The Hall–Kier alpha value is -1.66. The molecule has 0 unspecified atom stereocenters. The van der Waals surface area contributed by atoms with Gasteiger partial charge in [0.25, 0.3) is 0 Å². The summed E-state index contributed by atoms with van der Waals surface area (Å²) >= 11 is 0. The van der Waals surface area contributed by atoms with Gasteiger partial charge in [-0.05, 0) is 0 Å². The van der Waals surface area contributed by atoms with Crippen molar-refractivity contribution in [2.75, 3.05) is 13.4 Å². The maximum atomic E-state index is 11.2. The summed E-state index contributed by atoms with van der Waals surface area (Å²) in [6.07, 6.45) is -0.760. The summed E-state index contributed by atoms with van der Waals surface area (Å²) in [6, 6.07) is 0. The summed E-state index contributed by atoms with van der Waals surface area (Å²) in [5.74, 6) is -1.07. The molecule has 86 valence electrons. The van der Waals surface area contributed by atoms with Crippen molar-refractivity contribution in [3.8, 4) is 0 Å². The van der Waals surface area contributed by atoms with Crippen LogP contribution in [0.3, 0.4) is 0 Å². The molecule has 0 amide bonds. The van der Waals surface area contributed by atoms with Crippen molar-refractivity contribution in [1.29, 1.82) is 0 Å². The SMILES string of the molecule is C1=COCO1.C=CC(=O)OCC(F)(F)F. The van der Waals surface area contributed by atoms with Gasteiger partial charge in [-0.25, -0.2) is 4.79 Å². The number of halogens is 3. The molecule has 15 heavy (non-hydrogen) atoms. The monoisotopic (exact) mass is 226 g/mol. The van der Waals surface area contributed by atoms with Crippen molar-refractivity contribution in [2.45, 2.75) is 6.18 Å². The van der Waals surface area contributed by atoms with Crippen LogP contribution in [-0.2, 0) is 19.0 Å². The molecule has 0 aliphatic carbocycles. The fourth-order valence-electron chi connectivity index (χ4n) is 0.408. The Morgan fingerprint density at radius 1 is 1.47 bits per heavy atom. The predicted octanol–water partition coefficient (Wildman–Crippen LogP) is 1.74. The van der Waals surface area contributed by atoms with Crippen LogP contribution in [0.25, 0.3) is 0 Å². The van der Waals surface area contributed by atoms with Crippen LogP contribution in [0.15, 0.2) is 25.2 Å².